The molecule has 0 bridgehead atoms. The van der Waals surface area contributed by atoms with Crippen LogP contribution in [-0.2, 0) is 6.18 Å². The monoisotopic (exact) mass is 409 g/mol. The van der Waals surface area contributed by atoms with E-state index in [-0.39, 0.29) is 5.56 Å². The van der Waals surface area contributed by atoms with Gasteiger partial charge in [0.25, 0.3) is 5.91 Å². The molecule has 29 heavy (non-hydrogen) atoms. The molecular weight excluding hydrogens is 379 g/mol. The maximum absolute atomic E-state index is 13.5. The number of hydrogen-bond donors (Lipinski definition) is 1. The lowest BCUT2D eigenvalue weighted by Crippen LogP contribution is -2.50. The summed E-state index contributed by atoms with van der Waals surface area (Å²) in [4.78, 5) is 16.5. The summed E-state index contributed by atoms with van der Waals surface area (Å²) in [5, 5.41) is 2.29. The van der Waals surface area contributed by atoms with Crippen LogP contribution in [0.3, 0.4) is 0 Å². The SMILES string of the molecule is CNC(=O)c1ccc(N2CCC3(CC2)CCN(C2CCC2)CC3)cc1C(F)(F)F. The third kappa shape index (κ3) is 4.11. The summed E-state index contributed by atoms with van der Waals surface area (Å²) in [5.74, 6) is -0.709. The number of amides is 1. The van der Waals surface area contributed by atoms with E-state index in [0.29, 0.717) is 11.1 Å². The Bertz CT molecular complexity index is 742. The molecule has 1 aromatic carbocycles. The highest BCUT2D eigenvalue weighted by Gasteiger charge is 2.40. The van der Waals surface area contributed by atoms with Crippen molar-refractivity contribution < 1.29 is 18.0 Å². The van der Waals surface area contributed by atoms with Crippen molar-refractivity contribution in [1.29, 1.82) is 0 Å². The van der Waals surface area contributed by atoms with Crippen molar-refractivity contribution in [2.45, 2.75) is 57.2 Å². The van der Waals surface area contributed by atoms with Gasteiger partial charge in [-0.2, -0.15) is 13.2 Å². The Hall–Kier alpha value is -1.76. The first kappa shape index (κ1) is 20.5. The summed E-state index contributed by atoms with van der Waals surface area (Å²) >= 11 is 0. The number of nitrogens with zero attached hydrogens (tertiary/aromatic N) is 2. The van der Waals surface area contributed by atoms with Crippen LogP contribution in [0.2, 0.25) is 0 Å². The molecule has 1 aliphatic carbocycles. The van der Waals surface area contributed by atoms with Gasteiger partial charge in [-0.1, -0.05) is 6.42 Å². The Labute approximate surface area is 170 Å². The van der Waals surface area contributed by atoms with Crippen LogP contribution in [0.1, 0.15) is 60.9 Å². The van der Waals surface area contributed by atoms with E-state index in [2.05, 4.69) is 10.2 Å². The zero-order valence-electron chi connectivity index (χ0n) is 17.0. The Morgan fingerprint density at radius 1 is 1.07 bits per heavy atom. The largest absolute Gasteiger partial charge is 0.417 e. The van der Waals surface area contributed by atoms with E-state index in [0.717, 1.165) is 38.0 Å². The van der Waals surface area contributed by atoms with Crippen LogP contribution in [-0.4, -0.2) is 50.1 Å². The summed E-state index contributed by atoms with van der Waals surface area (Å²) in [7, 11) is 1.34. The third-order valence-electron chi connectivity index (χ3n) is 7.42. The highest BCUT2D eigenvalue weighted by atomic mass is 19.4. The van der Waals surface area contributed by atoms with Crippen LogP contribution in [0.25, 0.3) is 0 Å². The maximum Gasteiger partial charge on any atom is 0.417 e. The molecule has 160 valence electrons. The van der Waals surface area contributed by atoms with Crippen molar-refractivity contribution in [3.05, 3.63) is 29.3 Å². The first-order valence-corrected chi connectivity index (χ1v) is 10.7. The quantitative estimate of drug-likeness (QED) is 0.809. The van der Waals surface area contributed by atoms with E-state index in [1.54, 1.807) is 6.07 Å². The molecule has 7 heteroatoms. The van der Waals surface area contributed by atoms with Gasteiger partial charge in [0, 0.05) is 31.9 Å². The smallest absolute Gasteiger partial charge is 0.371 e. The number of anilines is 1. The van der Waals surface area contributed by atoms with E-state index in [1.165, 1.54) is 58.3 Å². The Kier molecular flexibility index (Phi) is 5.53. The lowest BCUT2D eigenvalue weighted by Gasteiger charge is -2.50. The van der Waals surface area contributed by atoms with Gasteiger partial charge in [-0.05, 0) is 75.2 Å². The van der Waals surface area contributed by atoms with Crippen LogP contribution in [0.4, 0.5) is 18.9 Å². The average Bonchev–Trinajstić information content (AvgIpc) is 2.67. The minimum absolute atomic E-state index is 0.319. The molecule has 2 aliphatic heterocycles. The molecule has 3 aliphatic rings. The standard InChI is InChI=1S/C22H30F3N3O/c1-26-20(29)18-6-5-17(15-19(18)22(23,24)25)28-13-9-21(10-14-28)7-11-27(12-8-21)16-3-2-4-16/h5-6,15-16H,2-4,7-14H2,1H3,(H,26,29). The van der Waals surface area contributed by atoms with E-state index in [1.807, 2.05) is 4.90 Å². The second-order valence-electron chi connectivity index (χ2n) is 8.91. The minimum atomic E-state index is -4.55. The first-order valence-electron chi connectivity index (χ1n) is 10.7. The molecular formula is C22H30F3N3O. The highest BCUT2D eigenvalue weighted by molar-refractivity contribution is 5.96. The van der Waals surface area contributed by atoms with E-state index >= 15 is 0 Å². The second kappa shape index (κ2) is 7.82. The number of likely N-dealkylation sites (tertiary alicyclic amines) is 1. The molecule has 3 fully saturated rings. The molecule has 1 amide bonds. The van der Waals surface area contributed by atoms with Crippen LogP contribution in [0.15, 0.2) is 18.2 Å². The molecule has 1 aromatic rings. The van der Waals surface area contributed by atoms with Crippen molar-refractivity contribution in [1.82, 2.24) is 10.2 Å². The Balaban J connectivity index is 1.42. The summed E-state index contributed by atoms with van der Waals surface area (Å²) in [6.07, 6.45) is 3.97. The van der Waals surface area contributed by atoms with Gasteiger partial charge in [-0.3, -0.25) is 4.79 Å². The number of piperidine rings is 2. The van der Waals surface area contributed by atoms with Crippen molar-refractivity contribution >= 4 is 11.6 Å². The summed E-state index contributed by atoms with van der Waals surface area (Å²) < 4.78 is 40.5. The molecule has 0 atom stereocenters. The topological polar surface area (TPSA) is 35.6 Å². The van der Waals surface area contributed by atoms with Gasteiger partial charge >= 0.3 is 6.18 Å². The van der Waals surface area contributed by atoms with E-state index in [4.69, 9.17) is 0 Å². The van der Waals surface area contributed by atoms with Gasteiger partial charge < -0.3 is 15.1 Å². The first-order chi connectivity index (χ1) is 13.8. The fraction of sp³-hybridized carbons (Fsp3) is 0.682. The molecule has 2 heterocycles. The average molecular weight is 409 g/mol. The van der Waals surface area contributed by atoms with Crippen LogP contribution >= 0.6 is 0 Å². The number of halogens is 3. The summed E-state index contributed by atoms with van der Waals surface area (Å²) in [5.41, 5.74) is -0.262. The zero-order valence-corrected chi connectivity index (χ0v) is 17.0. The maximum atomic E-state index is 13.5. The van der Waals surface area contributed by atoms with Gasteiger partial charge in [-0.15, -0.1) is 0 Å². The third-order valence-corrected chi connectivity index (χ3v) is 7.42. The lowest BCUT2D eigenvalue weighted by atomic mass is 9.70. The summed E-state index contributed by atoms with van der Waals surface area (Å²) in [6.45, 7) is 3.90. The number of rotatable bonds is 3. The van der Waals surface area contributed by atoms with Gasteiger partial charge in [-0.25, -0.2) is 0 Å². The van der Waals surface area contributed by atoms with Crippen LogP contribution < -0.4 is 10.2 Å². The van der Waals surface area contributed by atoms with Gasteiger partial charge in [0.05, 0.1) is 11.1 Å². The fourth-order valence-corrected chi connectivity index (χ4v) is 5.15. The van der Waals surface area contributed by atoms with Gasteiger partial charge in [0.1, 0.15) is 0 Å². The Morgan fingerprint density at radius 3 is 2.21 bits per heavy atom. The number of benzene rings is 1. The predicted octanol–water partition coefficient (Wildman–Crippen LogP) is 4.30. The number of nitrogens with one attached hydrogen (secondary N) is 1. The molecule has 1 spiro atoms. The zero-order chi connectivity index (χ0) is 20.6. The van der Waals surface area contributed by atoms with Gasteiger partial charge in [0.15, 0.2) is 0 Å². The number of carbonyl (C=O) groups excluding carboxylic acids is 1. The second-order valence-corrected chi connectivity index (χ2v) is 8.91. The highest BCUT2D eigenvalue weighted by Crippen LogP contribution is 2.44. The molecule has 0 unspecified atom stereocenters. The Morgan fingerprint density at radius 2 is 1.69 bits per heavy atom. The van der Waals surface area contributed by atoms with Gasteiger partial charge in [0.2, 0.25) is 0 Å². The lowest BCUT2D eigenvalue weighted by molar-refractivity contribution is -0.137. The number of hydrogen-bond acceptors (Lipinski definition) is 3. The molecule has 0 aromatic heterocycles. The van der Waals surface area contributed by atoms with Crippen molar-refractivity contribution in [2.75, 3.05) is 38.1 Å². The fourth-order valence-electron chi connectivity index (χ4n) is 5.15. The molecule has 4 nitrogen and oxygen atoms in total. The predicted molar refractivity (Wildman–Crippen MR) is 107 cm³/mol. The molecule has 2 saturated heterocycles. The van der Waals surface area contributed by atoms with Crippen molar-refractivity contribution in [3.8, 4) is 0 Å². The minimum Gasteiger partial charge on any atom is -0.371 e. The van der Waals surface area contributed by atoms with Crippen LogP contribution in [0, 0.1) is 5.41 Å². The molecule has 1 N–H and O–H groups in total. The summed E-state index contributed by atoms with van der Waals surface area (Å²) in [6, 6.07) is 4.89. The molecule has 0 radical (unpaired) electrons. The molecule has 4 rings (SSSR count). The molecule has 1 saturated carbocycles. The van der Waals surface area contributed by atoms with Crippen molar-refractivity contribution in [2.24, 2.45) is 5.41 Å². The van der Waals surface area contributed by atoms with Crippen LogP contribution in [0.5, 0.6) is 0 Å². The normalized spacial score (nSPS) is 23.1. The number of carbonyl (C=O) groups is 1. The van der Waals surface area contributed by atoms with E-state index < -0.39 is 17.6 Å². The van der Waals surface area contributed by atoms with E-state index in [9.17, 15) is 18.0 Å². The number of alkyl halides is 3. The van der Waals surface area contributed by atoms with Crippen molar-refractivity contribution in [3.63, 3.8) is 0 Å².